The van der Waals surface area contributed by atoms with Crippen molar-refractivity contribution >= 4 is 29.6 Å². The molecule has 36 heavy (non-hydrogen) atoms. The third-order valence-electron chi connectivity index (χ3n) is 5.72. The molecule has 1 heterocycles. The standard InChI is InChI=1S/C28H34ClNO6/c1-28(2,3)36-25(31)18-21(11-7-8-16-34-24-14-12-22(29)13-15-24)26(32)30-23(19-35-27(30)33)17-20-9-5-4-6-10-20/h4-6,9-10,12-15,21,23H,7-8,11,16-19H2,1-3H3/t21-,23+/m1/s1. The molecule has 0 radical (unpaired) electrons. The Morgan fingerprint density at radius 1 is 1.08 bits per heavy atom. The van der Waals surface area contributed by atoms with Crippen molar-refractivity contribution < 1.29 is 28.6 Å². The number of cyclic esters (lactones) is 1. The first-order valence-electron chi connectivity index (χ1n) is 12.3. The Labute approximate surface area is 217 Å². The minimum absolute atomic E-state index is 0.101. The number of nitrogens with zero attached hydrogens (tertiary/aromatic N) is 1. The van der Waals surface area contributed by atoms with E-state index in [-0.39, 0.29) is 13.0 Å². The number of ether oxygens (including phenoxy) is 3. The second-order valence-electron chi connectivity index (χ2n) is 9.91. The van der Waals surface area contributed by atoms with Crippen LogP contribution in [0.1, 0.15) is 52.0 Å². The first-order valence-corrected chi connectivity index (χ1v) is 12.6. The minimum atomic E-state index is -0.695. The van der Waals surface area contributed by atoms with Gasteiger partial charge in [0.1, 0.15) is 18.0 Å². The van der Waals surface area contributed by atoms with Gasteiger partial charge in [-0.25, -0.2) is 9.69 Å². The Morgan fingerprint density at radius 3 is 2.44 bits per heavy atom. The van der Waals surface area contributed by atoms with Crippen molar-refractivity contribution in [1.82, 2.24) is 4.90 Å². The summed E-state index contributed by atoms with van der Waals surface area (Å²) in [5, 5.41) is 0.636. The Morgan fingerprint density at radius 2 is 1.78 bits per heavy atom. The van der Waals surface area contributed by atoms with Crippen molar-refractivity contribution in [3.05, 3.63) is 65.2 Å². The van der Waals surface area contributed by atoms with Crippen LogP contribution in [-0.4, -0.2) is 47.7 Å². The largest absolute Gasteiger partial charge is 0.494 e. The van der Waals surface area contributed by atoms with Crippen LogP contribution in [0.5, 0.6) is 5.75 Å². The zero-order chi connectivity index (χ0) is 26.1. The molecule has 2 aromatic rings. The molecule has 2 atom stereocenters. The fourth-order valence-corrected chi connectivity index (χ4v) is 4.20. The van der Waals surface area contributed by atoms with Crippen molar-refractivity contribution in [2.45, 2.75) is 64.5 Å². The van der Waals surface area contributed by atoms with Gasteiger partial charge in [-0.3, -0.25) is 9.59 Å². The molecule has 0 aromatic heterocycles. The number of carbonyl (C=O) groups excluding carboxylic acids is 3. The van der Waals surface area contributed by atoms with Crippen LogP contribution in [0.3, 0.4) is 0 Å². The summed E-state index contributed by atoms with van der Waals surface area (Å²) >= 11 is 5.90. The number of unbranched alkanes of at least 4 members (excludes halogenated alkanes) is 1. The molecular weight excluding hydrogens is 482 g/mol. The molecule has 0 N–H and O–H groups in total. The number of amides is 2. The van der Waals surface area contributed by atoms with E-state index in [0.29, 0.717) is 43.1 Å². The van der Waals surface area contributed by atoms with E-state index < -0.39 is 35.5 Å². The molecule has 194 valence electrons. The molecule has 2 aromatic carbocycles. The summed E-state index contributed by atoms with van der Waals surface area (Å²) in [4.78, 5) is 39.9. The molecular formula is C28H34ClNO6. The van der Waals surface area contributed by atoms with Gasteiger partial charge in [-0.15, -0.1) is 0 Å². The lowest BCUT2D eigenvalue weighted by Crippen LogP contribution is -2.44. The van der Waals surface area contributed by atoms with Crippen molar-refractivity contribution in [2.24, 2.45) is 5.92 Å². The first-order chi connectivity index (χ1) is 17.1. The monoisotopic (exact) mass is 515 g/mol. The molecule has 1 fully saturated rings. The van der Waals surface area contributed by atoms with E-state index in [1.54, 1.807) is 45.0 Å². The fraction of sp³-hybridized carbons (Fsp3) is 0.464. The number of esters is 1. The Bertz CT molecular complexity index is 1020. The maximum absolute atomic E-state index is 13.5. The summed E-state index contributed by atoms with van der Waals surface area (Å²) < 4.78 is 16.4. The van der Waals surface area contributed by atoms with Crippen LogP contribution in [0.15, 0.2) is 54.6 Å². The van der Waals surface area contributed by atoms with Crippen molar-refractivity contribution in [3.8, 4) is 5.75 Å². The van der Waals surface area contributed by atoms with Crippen LogP contribution < -0.4 is 4.74 Å². The van der Waals surface area contributed by atoms with E-state index in [2.05, 4.69) is 0 Å². The molecule has 3 rings (SSSR count). The van der Waals surface area contributed by atoms with E-state index in [1.165, 1.54) is 4.90 Å². The smallest absolute Gasteiger partial charge is 0.416 e. The van der Waals surface area contributed by atoms with Crippen molar-refractivity contribution in [1.29, 1.82) is 0 Å². The highest BCUT2D eigenvalue weighted by Crippen LogP contribution is 2.25. The summed E-state index contributed by atoms with van der Waals surface area (Å²) in [6, 6.07) is 16.3. The molecule has 1 saturated heterocycles. The van der Waals surface area contributed by atoms with E-state index in [4.69, 9.17) is 25.8 Å². The normalized spacial score (nSPS) is 16.4. The predicted octanol–water partition coefficient (Wildman–Crippen LogP) is 5.83. The highest BCUT2D eigenvalue weighted by molar-refractivity contribution is 6.30. The van der Waals surface area contributed by atoms with Crippen molar-refractivity contribution in [2.75, 3.05) is 13.2 Å². The van der Waals surface area contributed by atoms with E-state index in [0.717, 1.165) is 5.56 Å². The van der Waals surface area contributed by atoms with Crippen LogP contribution in [0, 0.1) is 5.92 Å². The van der Waals surface area contributed by atoms with Crippen LogP contribution in [-0.2, 0) is 25.5 Å². The molecule has 0 unspecified atom stereocenters. The van der Waals surface area contributed by atoms with Crippen molar-refractivity contribution in [3.63, 3.8) is 0 Å². The zero-order valence-electron chi connectivity index (χ0n) is 21.1. The molecule has 1 aliphatic heterocycles. The SMILES string of the molecule is CC(C)(C)OC(=O)C[C@@H](CCCCOc1ccc(Cl)cc1)C(=O)N1C(=O)OC[C@@H]1Cc1ccccc1. The number of hydrogen-bond acceptors (Lipinski definition) is 6. The molecule has 2 amide bonds. The van der Waals surface area contributed by atoms with Gasteiger partial charge < -0.3 is 14.2 Å². The van der Waals surface area contributed by atoms with Gasteiger partial charge in [0, 0.05) is 10.9 Å². The Kier molecular flexibility index (Phi) is 9.76. The lowest BCUT2D eigenvalue weighted by molar-refractivity contribution is -0.158. The number of halogens is 1. The molecule has 0 saturated carbocycles. The second-order valence-corrected chi connectivity index (χ2v) is 10.4. The van der Waals surface area contributed by atoms with Crippen LogP contribution in [0.4, 0.5) is 4.79 Å². The molecule has 0 bridgehead atoms. The van der Waals surface area contributed by atoms with Gasteiger partial charge in [0.25, 0.3) is 0 Å². The summed E-state index contributed by atoms with van der Waals surface area (Å²) in [5.41, 5.74) is 0.334. The maximum Gasteiger partial charge on any atom is 0.416 e. The topological polar surface area (TPSA) is 82.1 Å². The van der Waals surface area contributed by atoms with Gasteiger partial charge >= 0.3 is 12.1 Å². The lowest BCUT2D eigenvalue weighted by Gasteiger charge is -2.26. The Balaban J connectivity index is 1.63. The fourth-order valence-electron chi connectivity index (χ4n) is 4.07. The van der Waals surface area contributed by atoms with Gasteiger partial charge in [0.2, 0.25) is 5.91 Å². The molecule has 7 nitrogen and oxygen atoms in total. The van der Waals surface area contributed by atoms with Crippen LogP contribution in [0.2, 0.25) is 5.02 Å². The number of rotatable bonds is 11. The number of benzene rings is 2. The summed E-state index contributed by atoms with van der Waals surface area (Å²) in [6.45, 7) is 5.93. The Hall–Kier alpha value is -3.06. The third kappa shape index (κ3) is 8.55. The highest BCUT2D eigenvalue weighted by Gasteiger charge is 2.41. The summed E-state index contributed by atoms with van der Waals surface area (Å²) in [6.07, 6.45) is 1.46. The summed E-state index contributed by atoms with van der Waals surface area (Å²) in [5.74, 6) is -0.850. The van der Waals surface area contributed by atoms with Gasteiger partial charge in [-0.1, -0.05) is 41.9 Å². The lowest BCUT2D eigenvalue weighted by atomic mass is 9.95. The average Bonchev–Trinajstić information content (AvgIpc) is 3.18. The molecule has 1 aliphatic rings. The first kappa shape index (κ1) is 27.5. The van der Waals surface area contributed by atoms with Crippen LogP contribution >= 0.6 is 11.6 Å². The van der Waals surface area contributed by atoms with Crippen LogP contribution in [0.25, 0.3) is 0 Å². The third-order valence-corrected chi connectivity index (χ3v) is 5.98. The maximum atomic E-state index is 13.5. The second kappa shape index (κ2) is 12.8. The summed E-state index contributed by atoms with van der Waals surface area (Å²) in [7, 11) is 0. The zero-order valence-corrected chi connectivity index (χ0v) is 21.8. The number of imide groups is 1. The average molecular weight is 516 g/mol. The van der Waals surface area contributed by atoms with E-state index in [9.17, 15) is 14.4 Å². The van der Waals surface area contributed by atoms with Gasteiger partial charge in [-0.2, -0.15) is 0 Å². The van der Waals surface area contributed by atoms with Gasteiger partial charge in [0.15, 0.2) is 0 Å². The molecule has 0 spiro atoms. The molecule has 0 aliphatic carbocycles. The minimum Gasteiger partial charge on any atom is -0.494 e. The number of carbonyl (C=O) groups is 3. The number of hydrogen-bond donors (Lipinski definition) is 0. The van der Waals surface area contributed by atoms with Gasteiger partial charge in [0.05, 0.1) is 19.1 Å². The van der Waals surface area contributed by atoms with Gasteiger partial charge in [-0.05, 0) is 76.3 Å². The van der Waals surface area contributed by atoms with E-state index >= 15 is 0 Å². The predicted molar refractivity (Wildman–Crippen MR) is 137 cm³/mol. The quantitative estimate of drug-likeness (QED) is 0.277. The van der Waals surface area contributed by atoms with E-state index in [1.807, 2.05) is 30.3 Å². The highest BCUT2D eigenvalue weighted by atomic mass is 35.5. The molecule has 8 heteroatoms.